The molecule has 8 heteroatoms. The van der Waals surface area contributed by atoms with Crippen LogP contribution in [0.25, 0.3) is 0 Å². The summed E-state index contributed by atoms with van der Waals surface area (Å²) in [4.78, 5) is 30.2. The molecule has 1 amide bonds. The van der Waals surface area contributed by atoms with Crippen LogP contribution in [0.1, 0.15) is 36.7 Å². The van der Waals surface area contributed by atoms with Gasteiger partial charge in [-0.3, -0.25) is 9.89 Å². The molecular formula is C13H20N4O3S. The zero-order valence-corrected chi connectivity index (χ0v) is 13.1. The fourth-order valence-electron chi connectivity index (χ4n) is 2.15. The molecule has 1 aliphatic heterocycles. The second kappa shape index (κ2) is 7.44. The van der Waals surface area contributed by atoms with Crippen LogP contribution in [0.5, 0.6) is 0 Å². The predicted molar refractivity (Wildman–Crippen MR) is 79.2 cm³/mol. The Morgan fingerprint density at radius 1 is 1.48 bits per heavy atom. The molecule has 0 aromatic carbocycles. The standard InChI is InChI=1S/C13H20N4O3S/c1-3-5-10-14-11(16-15-10)12(18)17-6-7-21-8-9(17)13(19)20-4-2/h9H,3-8H2,1-2H3,(H,14,15,16). The van der Waals surface area contributed by atoms with Crippen molar-refractivity contribution in [2.45, 2.75) is 32.7 Å². The summed E-state index contributed by atoms with van der Waals surface area (Å²) >= 11 is 1.64. The van der Waals surface area contributed by atoms with Gasteiger partial charge in [0.1, 0.15) is 11.9 Å². The molecule has 2 heterocycles. The smallest absolute Gasteiger partial charge is 0.329 e. The van der Waals surface area contributed by atoms with E-state index in [4.69, 9.17) is 4.74 Å². The second-order valence-corrected chi connectivity index (χ2v) is 5.85. The number of amides is 1. The maximum atomic E-state index is 12.5. The molecule has 1 aliphatic rings. The molecule has 0 spiro atoms. The van der Waals surface area contributed by atoms with Crippen molar-refractivity contribution >= 4 is 23.6 Å². The van der Waals surface area contributed by atoms with Gasteiger partial charge in [0.05, 0.1) is 6.61 Å². The zero-order valence-electron chi connectivity index (χ0n) is 12.3. The number of H-pyrrole nitrogens is 1. The van der Waals surface area contributed by atoms with E-state index in [9.17, 15) is 9.59 Å². The molecule has 0 aliphatic carbocycles. The molecule has 7 nitrogen and oxygen atoms in total. The molecule has 0 bridgehead atoms. The second-order valence-electron chi connectivity index (χ2n) is 4.70. The number of thioether (sulfide) groups is 1. The molecule has 1 atom stereocenters. The number of aromatic nitrogens is 3. The highest BCUT2D eigenvalue weighted by Gasteiger charge is 2.35. The lowest BCUT2D eigenvalue weighted by Gasteiger charge is -2.32. The first-order valence-corrected chi connectivity index (χ1v) is 8.29. The number of nitrogens with zero attached hydrogens (tertiary/aromatic N) is 3. The van der Waals surface area contributed by atoms with Gasteiger partial charge in [0, 0.05) is 24.5 Å². The van der Waals surface area contributed by atoms with Crippen molar-refractivity contribution in [1.82, 2.24) is 20.1 Å². The van der Waals surface area contributed by atoms with Crippen molar-refractivity contribution < 1.29 is 14.3 Å². The summed E-state index contributed by atoms with van der Waals surface area (Å²) in [6.45, 7) is 4.60. The van der Waals surface area contributed by atoms with Crippen molar-refractivity contribution in [2.75, 3.05) is 24.7 Å². The Balaban J connectivity index is 2.12. The van der Waals surface area contributed by atoms with Crippen LogP contribution >= 0.6 is 11.8 Å². The number of esters is 1. The van der Waals surface area contributed by atoms with Gasteiger partial charge in [-0.05, 0) is 13.3 Å². The fraction of sp³-hybridized carbons (Fsp3) is 0.692. The number of hydrogen-bond acceptors (Lipinski definition) is 6. The monoisotopic (exact) mass is 312 g/mol. The van der Waals surface area contributed by atoms with Gasteiger partial charge in [0.15, 0.2) is 0 Å². The van der Waals surface area contributed by atoms with Gasteiger partial charge in [-0.1, -0.05) is 6.92 Å². The Kier molecular flexibility index (Phi) is 5.60. The minimum atomic E-state index is -0.552. The molecule has 1 aromatic rings. The number of carbonyl (C=O) groups is 2. The third-order valence-corrected chi connectivity index (χ3v) is 4.18. The van der Waals surface area contributed by atoms with Crippen LogP contribution in [0.2, 0.25) is 0 Å². The summed E-state index contributed by atoms with van der Waals surface area (Å²) in [5, 5.41) is 6.73. The fourth-order valence-corrected chi connectivity index (χ4v) is 3.18. The van der Waals surface area contributed by atoms with Crippen LogP contribution in [-0.4, -0.2) is 62.7 Å². The van der Waals surface area contributed by atoms with Crippen molar-refractivity contribution in [3.05, 3.63) is 11.6 Å². The Labute approximate surface area is 127 Å². The number of carbonyl (C=O) groups excluding carboxylic acids is 2. The molecule has 0 saturated carbocycles. The van der Waals surface area contributed by atoms with Crippen LogP contribution in [0.4, 0.5) is 0 Å². The molecule has 21 heavy (non-hydrogen) atoms. The van der Waals surface area contributed by atoms with Crippen molar-refractivity contribution in [3.8, 4) is 0 Å². The number of aryl methyl sites for hydroxylation is 1. The maximum absolute atomic E-state index is 12.5. The molecular weight excluding hydrogens is 292 g/mol. The quantitative estimate of drug-likeness (QED) is 0.812. The minimum absolute atomic E-state index is 0.125. The first-order chi connectivity index (χ1) is 10.2. The first kappa shape index (κ1) is 15.8. The van der Waals surface area contributed by atoms with Crippen molar-refractivity contribution in [1.29, 1.82) is 0 Å². The van der Waals surface area contributed by atoms with E-state index in [1.807, 2.05) is 6.92 Å². The third-order valence-electron chi connectivity index (χ3n) is 3.16. The van der Waals surface area contributed by atoms with Gasteiger partial charge >= 0.3 is 5.97 Å². The van der Waals surface area contributed by atoms with Crippen LogP contribution in [0.15, 0.2) is 0 Å². The van der Waals surface area contributed by atoms with Gasteiger partial charge in [-0.15, -0.1) is 5.10 Å². The van der Waals surface area contributed by atoms with E-state index in [1.54, 1.807) is 18.7 Å². The lowest BCUT2D eigenvalue weighted by Crippen LogP contribution is -2.51. The Morgan fingerprint density at radius 3 is 3.00 bits per heavy atom. The largest absolute Gasteiger partial charge is 0.464 e. The van der Waals surface area contributed by atoms with Crippen molar-refractivity contribution in [3.63, 3.8) is 0 Å². The van der Waals surface area contributed by atoms with E-state index in [2.05, 4.69) is 15.2 Å². The van der Waals surface area contributed by atoms with E-state index < -0.39 is 6.04 Å². The number of rotatable bonds is 5. The highest BCUT2D eigenvalue weighted by Crippen LogP contribution is 2.19. The van der Waals surface area contributed by atoms with Crippen LogP contribution in [0.3, 0.4) is 0 Å². The summed E-state index contributed by atoms with van der Waals surface area (Å²) in [7, 11) is 0. The molecule has 116 valence electrons. The van der Waals surface area contributed by atoms with E-state index >= 15 is 0 Å². The molecule has 2 rings (SSSR count). The zero-order chi connectivity index (χ0) is 15.2. The minimum Gasteiger partial charge on any atom is -0.464 e. The Hall–Kier alpha value is -1.57. The normalized spacial score (nSPS) is 18.6. The topological polar surface area (TPSA) is 88.2 Å². The van der Waals surface area contributed by atoms with E-state index in [0.29, 0.717) is 24.7 Å². The molecule has 1 saturated heterocycles. The Bertz CT molecular complexity index is 505. The third kappa shape index (κ3) is 3.75. The highest BCUT2D eigenvalue weighted by atomic mass is 32.2. The molecule has 1 fully saturated rings. The number of ether oxygens (including phenoxy) is 1. The highest BCUT2D eigenvalue weighted by molar-refractivity contribution is 7.99. The predicted octanol–water partition coefficient (Wildman–Crippen LogP) is 0.878. The van der Waals surface area contributed by atoms with Crippen LogP contribution in [-0.2, 0) is 16.0 Å². The summed E-state index contributed by atoms with van der Waals surface area (Å²) < 4.78 is 5.05. The van der Waals surface area contributed by atoms with Gasteiger partial charge in [0.25, 0.3) is 5.91 Å². The van der Waals surface area contributed by atoms with E-state index in [1.165, 1.54) is 4.90 Å². The van der Waals surface area contributed by atoms with Gasteiger partial charge < -0.3 is 9.64 Å². The van der Waals surface area contributed by atoms with Crippen LogP contribution in [0, 0.1) is 0 Å². The van der Waals surface area contributed by atoms with Gasteiger partial charge in [-0.2, -0.15) is 11.8 Å². The molecule has 1 N–H and O–H groups in total. The van der Waals surface area contributed by atoms with Crippen LogP contribution < -0.4 is 0 Å². The lowest BCUT2D eigenvalue weighted by atomic mass is 10.2. The lowest BCUT2D eigenvalue weighted by molar-refractivity contribution is -0.147. The van der Waals surface area contributed by atoms with Gasteiger partial charge in [-0.25, -0.2) is 9.78 Å². The molecule has 1 aromatic heterocycles. The number of nitrogens with one attached hydrogen (secondary N) is 1. The summed E-state index contributed by atoms with van der Waals surface area (Å²) in [5.41, 5.74) is 0. The maximum Gasteiger partial charge on any atom is 0.329 e. The average molecular weight is 312 g/mol. The number of aromatic amines is 1. The molecule has 1 unspecified atom stereocenters. The number of hydrogen-bond donors (Lipinski definition) is 1. The molecule has 0 radical (unpaired) electrons. The summed E-state index contributed by atoms with van der Waals surface area (Å²) in [6, 6.07) is -0.552. The first-order valence-electron chi connectivity index (χ1n) is 7.14. The van der Waals surface area contributed by atoms with E-state index in [-0.39, 0.29) is 17.7 Å². The van der Waals surface area contributed by atoms with E-state index in [0.717, 1.165) is 18.6 Å². The summed E-state index contributed by atoms with van der Waals surface area (Å²) in [6.07, 6.45) is 1.67. The SMILES string of the molecule is CCCc1nc(C(=O)N2CCSCC2C(=O)OCC)n[nH]1. The van der Waals surface area contributed by atoms with Gasteiger partial charge in [0.2, 0.25) is 5.82 Å². The van der Waals surface area contributed by atoms with Crippen molar-refractivity contribution in [2.24, 2.45) is 0 Å². The summed E-state index contributed by atoms with van der Waals surface area (Å²) in [5.74, 6) is 1.50. The average Bonchev–Trinajstić information content (AvgIpc) is 2.96. The Morgan fingerprint density at radius 2 is 2.29 bits per heavy atom.